The van der Waals surface area contributed by atoms with Gasteiger partial charge in [-0.2, -0.15) is 0 Å². The summed E-state index contributed by atoms with van der Waals surface area (Å²) in [6.45, 7) is 3.63. The number of benzene rings is 3. The minimum absolute atomic E-state index is 0.123. The third kappa shape index (κ3) is 5.21. The van der Waals surface area contributed by atoms with E-state index in [-0.39, 0.29) is 35.0 Å². The molecule has 6 rings (SSSR count). The summed E-state index contributed by atoms with van der Waals surface area (Å²) in [6, 6.07) is 20.7. The lowest BCUT2D eigenvalue weighted by Crippen LogP contribution is -2.30. The van der Waals surface area contributed by atoms with Gasteiger partial charge in [0.25, 0.3) is 0 Å². The minimum atomic E-state index is -0.640. The number of ether oxygens (including phenoxy) is 1. The number of hydrogen-bond donors (Lipinski definition) is 0. The van der Waals surface area contributed by atoms with Crippen LogP contribution < -0.4 is 4.90 Å². The number of pyridine rings is 1. The molecule has 1 aliphatic heterocycles. The second-order valence-electron chi connectivity index (χ2n) is 11.3. The van der Waals surface area contributed by atoms with Gasteiger partial charge in [0, 0.05) is 21.5 Å². The number of Topliss-reactive ketones (excluding diaryl/α,β-unsaturated/α-hetero) is 1. The van der Waals surface area contributed by atoms with E-state index in [9.17, 15) is 19.2 Å². The Labute approximate surface area is 248 Å². The van der Waals surface area contributed by atoms with Gasteiger partial charge >= 0.3 is 5.97 Å². The lowest BCUT2D eigenvalue weighted by molar-refractivity contribution is -0.122. The quantitative estimate of drug-likeness (QED) is 0.141. The van der Waals surface area contributed by atoms with E-state index < -0.39 is 12.6 Å². The molecule has 4 aromatic rings. The molecule has 42 heavy (non-hydrogen) atoms. The van der Waals surface area contributed by atoms with Gasteiger partial charge in [0.1, 0.15) is 0 Å². The highest BCUT2D eigenvalue weighted by Gasteiger charge is 2.49. The number of halogens is 1. The topological polar surface area (TPSA) is 93.6 Å². The first-order valence-electron chi connectivity index (χ1n) is 14.0. The first kappa shape index (κ1) is 27.8. The van der Waals surface area contributed by atoms with Crippen LogP contribution in [0, 0.1) is 24.7 Å². The SMILES string of the molecule is Cc1ccc2nc(-c3ccc(N4C(=O)[C@H]5C[C@@H](C)CC[C@H]5C4=O)cc3)cc(C(=O)OCC(=O)c3ccc(Cl)cc3)c2c1. The molecule has 3 atom stereocenters. The first-order chi connectivity index (χ1) is 20.2. The Morgan fingerprint density at radius 1 is 0.929 bits per heavy atom. The Bertz CT molecular complexity index is 1730. The molecule has 2 fully saturated rings. The zero-order valence-corrected chi connectivity index (χ0v) is 24.1. The van der Waals surface area contributed by atoms with Gasteiger partial charge in [0.2, 0.25) is 11.8 Å². The third-order valence-electron chi connectivity index (χ3n) is 8.29. The van der Waals surface area contributed by atoms with Crippen LogP contribution in [0.25, 0.3) is 22.2 Å². The molecule has 1 saturated heterocycles. The number of aromatic nitrogens is 1. The fourth-order valence-electron chi connectivity index (χ4n) is 6.01. The molecule has 2 heterocycles. The second kappa shape index (κ2) is 11.1. The summed E-state index contributed by atoms with van der Waals surface area (Å²) in [6.07, 6.45) is 2.45. The Kier molecular flexibility index (Phi) is 7.37. The number of aryl methyl sites for hydroxylation is 1. The average molecular weight is 581 g/mol. The monoisotopic (exact) mass is 580 g/mol. The van der Waals surface area contributed by atoms with Crippen molar-refractivity contribution in [2.45, 2.75) is 33.1 Å². The smallest absolute Gasteiger partial charge is 0.339 e. The van der Waals surface area contributed by atoms with E-state index in [4.69, 9.17) is 21.3 Å². The second-order valence-corrected chi connectivity index (χ2v) is 11.7. The molecule has 3 aromatic carbocycles. The number of amides is 2. The summed E-state index contributed by atoms with van der Waals surface area (Å²) in [7, 11) is 0. The zero-order valence-electron chi connectivity index (χ0n) is 23.3. The fourth-order valence-corrected chi connectivity index (χ4v) is 6.14. The molecule has 0 unspecified atom stereocenters. The predicted octanol–water partition coefficient (Wildman–Crippen LogP) is 6.83. The largest absolute Gasteiger partial charge is 0.454 e. The van der Waals surface area contributed by atoms with Gasteiger partial charge < -0.3 is 4.74 Å². The Hall–Kier alpha value is -4.36. The van der Waals surface area contributed by atoms with Gasteiger partial charge in [-0.3, -0.25) is 19.3 Å². The van der Waals surface area contributed by atoms with Gasteiger partial charge in [-0.05, 0) is 86.7 Å². The maximum Gasteiger partial charge on any atom is 0.339 e. The number of nitrogens with zero attached hydrogens (tertiary/aromatic N) is 2. The summed E-state index contributed by atoms with van der Waals surface area (Å²) in [5, 5.41) is 1.12. The van der Waals surface area contributed by atoms with Crippen molar-refractivity contribution in [3.8, 4) is 11.3 Å². The molecule has 0 spiro atoms. The number of carbonyl (C=O) groups excluding carboxylic acids is 4. The Morgan fingerprint density at radius 3 is 2.38 bits per heavy atom. The zero-order chi connectivity index (χ0) is 29.5. The van der Waals surface area contributed by atoms with Crippen LogP contribution in [0.2, 0.25) is 5.02 Å². The van der Waals surface area contributed by atoms with Crippen LogP contribution in [-0.2, 0) is 14.3 Å². The van der Waals surface area contributed by atoms with Crippen molar-refractivity contribution in [1.82, 2.24) is 4.98 Å². The molecule has 0 bridgehead atoms. The molecule has 2 aliphatic rings. The summed E-state index contributed by atoms with van der Waals surface area (Å²) in [5.74, 6) is -1.27. The van der Waals surface area contributed by atoms with E-state index in [2.05, 4.69) is 6.92 Å². The molecule has 1 saturated carbocycles. The van der Waals surface area contributed by atoms with Gasteiger partial charge in [0.05, 0.1) is 34.3 Å². The third-order valence-corrected chi connectivity index (χ3v) is 8.55. The first-order valence-corrected chi connectivity index (χ1v) is 14.4. The van der Waals surface area contributed by atoms with E-state index >= 15 is 0 Å². The molecule has 2 amide bonds. The number of fused-ring (bicyclic) bond motifs is 2. The van der Waals surface area contributed by atoms with Crippen molar-refractivity contribution in [3.63, 3.8) is 0 Å². The van der Waals surface area contributed by atoms with E-state index in [1.807, 2.05) is 25.1 Å². The summed E-state index contributed by atoms with van der Waals surface area (Å²) < 4.78 is 5.45. The molecule has 212 valence electrons. The molecule has 0 N–H and O–H groups in total. The van der Waals surface area contributed by atoms with Crippen molar-refractivity contribution < 1.29 is 23.9 Å². The van der Waals surface area contributed by atoms with Crippen LogP contribution in [0.3, 0.4) is 0 Å². The maximum atomic E-state index is 13.3. The van der Waals surface area contributed by atoms with Crippen LogP contribution in [0.4, 0.5) is 5.69 Å². The minimum Gasteiger partial charge on any atom is -0.454 e. The number of esters is 1. The number of carbonyl (C=O) groups is 4. The number of anilines is 1. The summed E-state index contributed by atoms with van der Waals surface area (Å²) in [5.41, 5.74) is 3.99. The number of ketones is 1. The fraction of sp³-hybridized carbons (Fsp3) is 0.265. The lowest BCUT2D eigenvalue weighted by Gasteiger charge is -2.25. The van der Waals surface area contributed by atoms with E-state index in [0.717, 1.165) is 24.8 Å². The summed E-state index contributed by atoms with van der Waals surface area (Å²) in [4.78, 5) is 58.3. The molecular formula is C34H29ClN2O5. The maximum absolute atomic E-state index is 13.3. The van der Waals surface area contributed by atoms with Crippen molar-refractivity contribution in [2.75, 3.05) is 11.5 Å². The van der Waals surface area contributed by atoms with Crippen molar-refractivity contribution in [1.29, 1.82) is 0 Å². The van der Waals surface area contributed by atoms with Gasteiger partial charge in [0.15, 0.2) is 12.4 Å². The van der Waals surface area contributed by atoms with Gasteiger partial charge in [-0.25, -0.2) is 9.78 Å². The highest BCUT2D eigenvalue weighted by Crippen LogP contribution is 2.42. The molecule has 0 radical (unpaired) electrons. The van der Waals surface area contributed by atoms with Crippen LogP contribution in [-0.4, -0.2) is 35.2 Å². The van der Waals surface area contributed by atoms with Crippen molar-refractivity contribution >= 4 is 51.8 Å². The molecule has 7 nitrogen and oxygen atoms in total. The average Bonchev–Trinajstić information content (AvgIpc) is 3.24. The van der Waals surface area contributed by atoms with Crippen molar-refractivity contribution in [2.24, 2.45) is 17.8 Å². The normalized spacial score (nSPS) is 20.1. The van der Waals surface area contributed by atoms with E-state index in [0.29, 0.717) is 44.4 Å². The molecular weight excluding hydrogens is 552 g/mol. The Balaban J connectivity index is 1.27. The molecule has 1 aromatic heterocycles. The van der Waals surface area contributed by atoms with E-state index in [1.165, 1.54) is 4.90 Å². The summed E-state index contributed by atoms with van der Waals surface area (Å²) >= 11 is 5.91. The highest BCUT2D eigenvalue weighted by atomic mass is 35.5. The van der Waals surface area contributed by atoms with Crippen LogP contribution in [0.15, 0.2) is 72.8 Å². The lowest BCUT2D eigenvalue weighted by atomic mass is 9.76. The van der Waals surface area contributed by atoms with Crippen LogP contribution in [0.5, 0.6) is 0 Å². The number of imide groups is 1. The van der Waals surface area contributed by atoms with Gasteiger partial charge in [-0.15, -0.1) is 0 Å². The Morgan fingerprint density at radius 2 is 1.64 bits per heavy atom. The van der Waals surface area contributed by atoms with Crippen LogP contribution >= 0.6 is 11.6 Å². The van der Waals surface area contributed by atoms with Gasteiger partial charge in [-0.1, -0.05) is 42.3 Å². The van der Waals surface area contributed by atoms with Crippen LogP contribution in [0.1, 0.15) is 52.5 Å². The predicted molar refractivity (Wildman–Crippen MR) is 160 cm³/mol. The van der Waals surface area contributed by atoms with E-state index in [1.54, 1.807) is 54.6 Å². The standard InChI is InChI=1S/C34H29ClN2O5/c1-19-3-13-25-27(16-19)33(40)37(32(25)39)24-11-7-21(8-12-24)30-17-28(26-15-20(2)4-14-29(26)36-30)34(41)42-18-31(38)22-5-9-23(35)10-6-22/h4-12,14-15,17,19,25,27H,3,13,16,18H2,1-2H3/t19-,25+,27-/m0/s1. The molecule has 8 heteroatoms. The highest BCUT2D eigenvalue weighted by molar-refractivity contribution is 6.30. The number of hydrogen-bond acceptors (Lipinski definition) is 6. The molecule has 1 aliphatic carbocycles. The van der Waals surface area contributed by atoms with Crippen molar-refractivity contribution in [3.05, 3.63) is 94.5 Å². The number of rotatable bonds is 6.